The molecular formula is C25H33N5OS. The van der Waals surface area contributed by atoms with Gasteiger partial charge in [-0.2, -0.15) is 0 Å². The Balaban J connectivity index is 1.49. The van der Waals surface area contributed by atoms with Gasteiger partial charge >= 0.3 is 0 Å². The molecule has 170 valence electrons. The Morgan fingerprint density at radius 3 is 2.75 bits per heavy atom. The number of thiophene rings is 1. The minimum absolute atomic E-state index is 0.665. The Morgan fingerprint density at radius 2 is 2.00 bits per heavy atom. The summed E-state index contributed by atoms with van der Waals surface area (Å²) in [7, 11) is 6.14. The number of piperidine rings is 1. The first-order valence-corrected chi connectivity index (χ1v) is 12.4. The number of benzene rings is 1. The van der Waals surface area contributed by atoms with E-state index in [1.807, 2.05) is 30.5 Å². The zero-order chi connectivity index (χ0) is 22.1. The average Bonchev–Trinajstić information content (AvgIpc) is 3.43. The lowest BCUT2D eigenvalue weighted by atomic mass is 9.90. The van der Waals surface area contributed by atoms with E-state index in [4.69, 9.17) is 9.72 Å². The van der Waals surface area contributed by atoms with Crippen molar-refractivity contribution in [3.05, 3.63) is 36.4 Å². The Labute approximate surface area is 194 Å². The second-order valence-electron chi connectivity index (χ2n) is 9.11. The van der Waals surface area contributed by atoms with Crippen LogP contribution in [0.15, 0.2) is 36.4 Å². The molecule has 3 aromatic rings. The lowest BCUT2D eigenvalue weighted by Gasteiger charge is -2.23. The number of nitrogens with zero attached hydrogens (tertiary/aromatic N) is 3. The molecule has 7 heteroatoms. The van der Waals surface area contributed by atoms with Gasteiger partial charge in [-0.15, -0.1) is 11.3 Å². The van der Waals surface area contributed by atoms with Crippen molar-refractivity contribution in [2.45, 2.75) is 6.42 Å². The number of nitrogens with one attached hydrogen (secondary N) is 2. The minimum Gasteiger partial charge on any atom is -0.492 e. The number of pyridine rings is 1. The van der Waals surface area contributed by atoms with Gasteiger partial charge in [0.25, 0.3) is 0 Å². The zero-order valence-electron chi connectivity index (χ0n) is 19.2. The summed E-state index contributed by atoms with van der Waals surface area (Å²) < 4.78 is 7.10. The fourth-order valence-corrected chi connectivity index (χ4v) is 5.92. The molecule has 0 unspecified atom stereocenters. The molecule has 0 amide bonds. The maximum atomic E-state index is 5.80. The van der Waals surface area contributed by atoms with Gasteiger partial charge in [-0.05, 0) is 74.8 Å². The Hall–Kier alpha value is -2.35. The summed E-state index contributed by atoms with van der Waals surface area (Å²) in [5.74, 6) is 2.44. The van der Waals surface area contributed by atoms with Crippen molar-refractivity contribution in [2.75, 3.05) is 70.3 Å². The predicted octanol–water partition coefficient (Wildman–Crippen LogP) is 3.67. The molecule has 2 fully saturated rings. The van der Waals surface area contributed by atoms with Gasteiger partial charge in [0.1, 0.15) is 12.4 Å². The number of aromatic nitrogens is 1. The van der Waals surface area contributed by atoms with Crippen molar-refractivity contribution >= 4 is 32.2 Å². The maximum Gasteiger partial charge on any atom is 0.119 e. The third kappa shape index (κ3) is 4.29. The number of hydrogen-bond donors (Lipinski definition) is 2. The van der Waals surface area contributed by atoms with Crippen molar-refractivity contribution in [1.29, 1.82) is 0 Å². The first-order valence-electron chi connectivity index (χ1n) is 11.6. The highest BCUT2D eigenvalue weighted by Gasteiger charge is 2.35. The first kappa shape index (κ1) is 21.5. The summed E-state index contributed by atoms with van der Waals surface area (Å²) in [4.78, 5) is 9.86. The van der Waals surface area contributed by atoms with E-state index in [-0.39, 0.29) is 0 Å². The normalized spacial score (nSPS) is 20.5. The number of likely N-dealkylation sites (N-methyl/N-ethyl adjacent to an activating group) is 1. The lowest BCUT2D eigenvalue weighted by molar-refractivity contribution is 0.318. The Bertz CT molecular complexity index is 1050. The molecule has 0 bridgehead atoms. The Kier molecular flexibility index (Phi) is 6.22. The van der Waals surface area contributed by atoms with E-state index in [0.29, 0.717) is 6.61 Å². The van der Waals surface area contributed by atoms with Gasteiger partial charge in [0, 0.05) is 39.3 Å². The molecule has 4 heterocycles. The van der Waals surface area contributed by atoms with Crippen LogP contribution in [-0.4, -0.2) is 65.5 Å². The van der Waals surface area contributed by atoms with E-state index in [2.05, 4.69) is 58.8 Å². The van der Waals surface area contributed by atoms with E-state index in [9.17, 15) is 0 Å². The van der Waals surface area contributed by atoms with E-state index in [1.165, 1.54) is 21.8 Å². The molecule has 6 nitrogen and oxygen atoms in total. The van der Waals surface area contributed by atoms with Gasteiger partial charge in [-0.1, -0.05) is 0 Å². The standard InChI is InChI=1S/C25H33N5OS/c1-26-10-11-31-20-6-4-17(5-7-20)21-12-23(25-22(28-21)13-24(32-25)29(2)3)30-15-18-8-9-27-14-19(18)16-30/h4-7,12-13,18-19,26-27H,8-11,14-16H2,1-3H3/t18-,19-/m1/s1. The average molecular weight is 452 g/mol. The number of anilines is 2. The van der Waals surface area contributed by atoms with E-state index in [1.54, 1.807) is 0 Å². The highest BCUT2D eigenvalue weighted by Crippen LogP contribution is 2.42. The van der Waals surface area contributed by atoms with Gasteiger partial charge in [0.05, 0.1) is 26.6 Å². The third-order valence-electron chi connectivity index (χ3n) is 6.67. The predicted molar refractivity (Wildman–Crippen MR) is 135 cm³/mol. The van der Waals surface area contributed by atoms with Crippen LogP contribution in [0.4, 0.5) is 10.7 Å². The molecule has 0 radical (unpaired) electrons. The van der Waals surface area contributed by atoms with Crippen LogP contribution < -0.4 is 25.2 Å². The van der Waals surface area contributed by atoms with E-state index in [0.717, 1.165) is 67.1 Å². The van der Waals surface area contributed by atoms with Gasteiger partial charge < -0.3 is 25.2 Å². The highest BCUT2D eigenvalue weighted by molar-refractivity contribution is 7.23. The summed E-state index contributed by atoms with van der Waals surface area (Å²) in [5, 5.41) is 7.94. The van der Waals surface area contributed by atoms with E-state index < -0.39 is 0 Å². The van der Waals surface area contributed by atoms with Crippen LogP contribution in [0.2, 0.25) is 0 Å². The maximum absolute atomic E-state index is 5.80. The number of rotatable bonds is 7. The van der Waals surface area contributed by atoms with Crippen LogP contribution in [0.3, 0.4) is 0 Å². The van der Waals surface area contributed by atoms with Crippen LogP contribution in [0, 0.1) is 11.8 Å². The molecule has 2 N–H and O–H groups in total. The Morgan fingerprint density at radius 1 is 1.19 bits per heavy atom. The fourth-order valence-electron chi connectivity index (χ4n) is 4.86. The van der Waals surface area contributed by atoms with Gasteiger partial charge in [0.15, 0.2) is 0 Å². The summed E-state index contributed by atoms with van der Waals surface area (Å²) in [6, 6.07) is 12.9. The third-order valence-corrected chi connectivity index (χ3v) is 7.99. The van der Waals surface area contributed by atoms with E-state index >= 15 is 0 Å². The summed E-state index contributed by atoms with van der Waals surface area (Å²) in [5.41, 5.74) is 4.59. The van der Waals surface area contributed by atoms with Crippen LogP contribution >= 0.6 is 11.3 Å². The molecular weight excluding hydrogens is 418 g/mol. The zero-order valence-corrected chi connectivity index (χ0v) is 20.0. The fraction of sp³-hybridized carbons (Fsp3) is 0.480. The molecule has 0 aliphatic carbocycles. The highest BCUT2D eigenvalue weighted by atomic mass is 32.1. The number of hydrogen-bond acceptors (Lipinski definition) is 7. The second-order valence-corrected chi connectivity index (χ2v) is 10.1. The van der Waals surface area contributed by atoms with Crippen LogP contribution in [-0.2, 0) is 0 Å². The quantitative estimate of drug-likeness (QED) is 0.535. The smallest absolute Gasteiger partial charge is 0.119 e. The van der Waals surface area contributed by atoms with Crippen molar-refractivity contribution in [1.82, 2.24) is 15.6 Å². The molecule has 2 aromatic heterocycles. The number of fused-ring (bicyclic) bond motifs is 2. The molecule has 0 spiro atoms. The van der Waals surface area contributed by atoms with Gasteiger partial charge in [0.2, 0.25) is 0 Å². The molecule has 2 aliphatic rings. The minimum atomic E-state index is 0.665. The topological polar surface area (TPSA) is 52.7 Å². The van der Waals surface area contributed by atoms with Crippen LogP contribution in [0.1, 0.15) is 6.42 Å². The second kappa shape index (κ2) is 9.25. The molecule has 2 saturated heterocycles. The van der Waals surface area contributed by atoms with Crippen LogP contribution in [0.5, 0.6) is 5.75 Å². The summed E-state index contributed by atoms with van der Waals surface area (Å²) >= 11 is 1.85. The lowest BCUT2D eigenvalue weighted by Crippen LogP contribution is -2.35. The summed E-state index contributed by atoms with van der Waals surface area (Å²) in [6.07, 6.45) is 1.28. The van der Waals surface area contributed by atoms with Crippen molar-refractivity contribution in [3.63, 3.8) is 0 Å². The molecule has 0 saturated carbocycles. The van der Waals surface area contributed by atoms with Crippen molar-refractivity contribution in [2.24, 2.45) is 11.8 Å². The van der Waals surface area contributed by atoms with Gasteiger partial charge in [-0.25, -0.2) is 4.98 Å². The van der Waals surface area contributed by atoms with Crippen molar-refractivity contribution < 1.29 is 4.74 Å². The molecule has 32 heavy (non-hydrogen) atoms. The summed E-state index contributed by atoms with van der Waals surface area (Å²) in [6.45, 7) is 6.08. The van der Waals surface area contributed by atoms with Crippen LogP contribution in [0.25, 0.3) is 21.5 Å². The largest absolute Gasteiger partial charge is 0.492 e. The monoisotopic (exact) mass is 451 g/mol. The first-order chi connectivity index (χ1) is 15.6. The SMILES string of the molecule is CNCCOc1ccc(-c2cc(N3C[C@H]4CCNC[C@@H]4C3)c3sc(N(C)C)cc3n2)cc1. The van der Waals surface area contributed by atoms with Crippen molar-refractivity contribution in [3.8, 4) is 17.0 Å². The molecule has 2 aliphatic heterocycles. The molecule has 5 rings (SSSR count). The van der Waals surface area contributed by atoms with Gasteiger partial charge in [-0.3, -0.25) is 0 Å². The molecule has 1 aromatic carbocycles. The molecule has 2 atom stereocenters. The number of ether oxygens (including phenoxy) is 1.